The number of methoxy groups -OCH3 is 1. The zero-order valence-corrected chi connectivity index (χ0v) is 25.2. The van der Waals surface area contributed by atoms with Crippen LogP contribution in [0.2, 0.25) is 0 Å². The number of nitrogens with zero attached hydrogens (tertiary/aromatic N) is 1. The number of carbonyl (C=O) groups is 1. The number of rotatable bonds is 7. The lowest BCUT2D eigenvalue weighted by Gasteiger charge is -2.33. The number of aryl methyl sites for hydroxylation is 2. The summed E-state index contributed by atoms with van der Waals surface area (Å²) in [5.74, 6) is 0.356. The van der Waals surface area contributed by atoms with Crippen molar-refractivity contribution in [2.24, 2.45) is 0 Å². The number of ether oxygens (including phenoxy) is 2. The van der Waals surface area contributed by atoms with Gasteiger partial charge in [0.25, 0.3) is 0 Å². The first kappa shape index (κ1) is 27.3. The van der Waals surface area contributed by atoms with Crippen molar-refractivity contribution in [2.45, 2.75) is 64.0 Å². The number of nitrogens with one attached hydrogen (secondary N) is 1. The molecule has 5 heteroatoms. The Hall–Kier alpha value is -4.51. The first-order chi connectivity index (χ1) is 21.0. The summed E-state index contributed by atoms with van der Waals surface area (Å²) in [6.45, 7) is 4.33. The monoisotopic (exact) mass is 570 g/mol. The molecule has 1 aliphatic carbocycles. The Balaban J connectivity index is 1.54. The number of aromatic nitrogens is 1. The Labute approximate surface area is 253 Å². The molecular weight excluding hydrogens is 532 g/mol. The molecule has 0 spiro atoms. The van der Waals surface area contributed by atoms with Gasteiger partial charge in [-0.1, -0.05) is 80.8 Å². The third-order valence-corrected chi connectivity index (χ3v) is 9.39. The highest BCUT2D eigenvalue weighted by Crippen LogP contribution is 2.55. The van der Waals surface area contributed by atoms with Gasteiger partial charge < -0.3 is 19.2 Å². The summed E-state index contributed by atoms with van der Waals surface area (Å²) in [6.07, 6.45) is 9.31. The van der Waals surface area contributed by atoms with Crippen LogP contribution in [0.15, 0.2) is 91.1 Å². The fourth-order valence-electron chi connectivity index (χ4n) is 7.27. The third-order valence-electron chi connectivity index (χ3n) is 9.39. The van der Waals surface area contributed by atoms with Crippen LogP contribution in [0.3, 0.4) is 0 Å². The van der Waals surface area contributed by atoms with Gasteiger partial charge in [-0.15, -0.1) is 0 Å². The summed E-state index contributed by atoms with van der Waals surface area (Å²) in [5, 5.41) is 3.75. The molecular formula is C38H38N2O3. The number of fused-ring (bicyclic) bond motifs is 2. The molecule has 1 atom stereocenters. The third kappa shape index (κ3) is 4.41. The second-order valence-electron chi connectivity index (χ2n) is 11.9. The zero-order valence-electron chi connectivity index (χ0n) is 25.2. The van der Waals surface area contributed by atoms with Crippen LogP contribution in [0.4, 0.5) is 5.69 Å². The lowest BCUT2D eigenvalue weighted by Crippen LogP contribution is -2.31. The van der Waals surface area contributed by atoms with E-state index >= 15 is 0 Å². The highest BCUT2D eigenvalue weighted by Gasteiger charge is 2.53. The van der Waals surface area contributed by atoms with Gasteiger partial charge in [0, 0.05) is 51.9 Å². The molecule has 3 aromatic carbocycles. The molecule has 0 bridgehead atoms. The molecule has 43 heavy (non-hydrogen) atoms. The van der Waals surface area contributed by atoms with E-state index in [1.54, 1.807) is 7.11 Å². The van der Waals surface area contributed by atoms with Crippen LogP contribution in [0.5, 0.6) is 5.75 Å². The van der Waals surface area contributed by atoms with E-state index in [1.165, 1.54) is 37.7 Å². The van der Waals surface area contributed by atoms with E-state index in [2.05, 4.69) is 84.4 Å². The van der Waals surface area contributed by atoms with Crippen LogP contribution < -0.4 is 10.1 Å². The van der Waals surface area contributed by atoms with Crippen molar-refractivity contribution < 1.29 is 14.3 Å². The Morgan fingerprint density at radius 3 is 2.47 bits per heavy atom. The van der Waals surface area contributed by atoms with Gasteiger partial charge in [0.2, 0.25) is 0 Å². The van der Waals surface area contributed by atoms with Crippen LogP contribution in [-0.2, 0) is 16.8 Å². The topological polar surface area (TPSA) is 52.0 Å². The van der Waals surface area contributed by atoms with E-state index in [0.29, 0.717) is 17.4 Å². The molecule has 2 aliphatic rings. The highest BCUT2D eigenvalue weighted by molar-refractivity contribution is 5.98. The molecule has 5 aromatic rings. The number of anilines is 1. The second kappa shape index (κ2) is 11.0. The van der Waals surface area contributed by atoms with Crippen molar-refractivity contribution in [3.05, 3.63) is 125 Å². The standard InChI is InChI=1S/C38H38N2O3/c1-4-26-19-22-33-36(35(25(2)40(33)24-26)27-13-7-5-8-14-27)38(31-18-12-11-17-30(31)37(41)43-38)32-21-20-29(23-34(32)42-3)39-28-15-9-6-10-16-28/h5,7-8,11-14,17-24,28,39H,4,6,9-10,15-16H2,1-3H3. The van der Waals surface area contributed by atoms with E-state index in [9.17, 15) is 4.79 Å². The molecule has 0 saturated heterocycles. The maximum Gasteiger partial charge on any atom is 0.340 e. The van der Waals surface area contributed by atoms with Crippen LogP contribution in [-0.4, -0.2) is 23.5 Å². The van der Waals surface area contributed by atoms with Crippen molar-refractivity contribution in [3.8, 4) is 16.9 Å². The van der Waals surface area contributed by atoms with Gasteiger partial charge in [-0.25, -0.2) is 4.79 Å². The summed E-state index contributed by atoms with van der Waals surface area (Å²) >= 11 is 0. The molecule has 1 N–H and O–H groups in total. The van der Waals surface area contributed by atoms with Crippen LogP contribution in [0.1, 0.15) is 77.3 Å². The normalized spacial score (nSPS) is 18.4. The van der Waals surface area contributed by atoms with Crippen molar-refractivity contribution >= 4 is 17.2 Å². The number of cyclic esters (lactones) is 1. The summed E-state index contributed by atoms with van der Waals surface area (Å²) in [7, 11) is 1.70. The van der Waals surface area contributed by atoms with Gasteiger partial charge in [0.1, 0.15) is 5.75 Å². The average molecular weight is 571 g/mol. The number of benzene rings is 3. The molecule has 1 aliphatic heterocycles. The van der Waals surface area contributed by atoms with Crippen molar-refractivity contribution in [1.82, 2.24) is 4.40 Å². The van der Waals surface area contributed by atoms with Gasteiger partial charge in [0.05, 0.1) is 18.2 Å². The van der Waals surface area contributed by atoms with Gasteiger partial charge in [-0.3, -0.25) is 0 Å². The molecule has 1 saturated carbocycles. The smallest absolute Gasteiger partial charge is 0.340 e. The van der Waals surface area contributed by atoms with E-state index in [4.69, 9.17) is 9.47 Å². The molecule has 0 amide bonds. The average Bonchev–Trinajstić information content (AvgIpc) is 3.52. The van der Waals surface area contributed by atoms with Gasteiger partial charge >= 0.3 is 5.97 Å². The van der Waals surface area contributed by atoms with Crippen LogP contribution >= 0.6 is 0 Å². The van der Waals surface area contributed by atoms with Crippen LogP contribution in [0, 0.1) is 6.92 Å². The lowest BCUT2D eigenvalue weighted by molar-refractivity contribution is 0.0251. The Morgan fingerprint density at radius 1 is 0.930 bits per heavy atom. The molecule has 218 valence electrons. The maximum atomic E-state index is 13.8. The van der Waals surface area contributed by atoms with Crippen molar-refractivity contribution in [3.63, 3.8) is 0 Å². The summed E-state index contributed by atoms with van der Waals surface area (Å²) in [6, 6.07) is 29.3. The second-order valence-corrected chi connectivity index (χ2v) is 11.9. The quantitative estimate of drug-likeness (QED) is 0.199. The Kier molecular flexibility index (Phi) is 6.97. The van der Waals surface area contributed by atoms with E-state index in [0.717, 1.165) is 51.1 Å². The predicted molar refractivity (Wildman–Crippen MR) is 172 cm³/mol. The van der Waals surface area contributed by atoms with Gasteiger partial charge in [-0.2, -0.15) is 0 Å². The van der Waals surface area contributed by atoms with Gasteiger partial charge in [-0.05, 0) is 61.6 Å². The first-order valence-corrected chi connectivity index (χ1v) is 15.5. The number of hydrogen-bond donors (Lipinski definition) is 1. The largest absolute Gasteiger partial charge is 0.496 e. The minimum Gasteiger partial charge on any atom is -0.496 e. The van der Waals surface area contributed by atoms with E-state index < -0.39 is 5.60 Å². The maximum absolute atomic E-state index is 13.8. The first-order valence-electron chi connectivity index (χ1n) is 15.5. The summed E-state index contributed by atoms with van der Waals surface area (Å²) in [4.78, 5) is 13.8. The Bertz CT molecular complexity index is 1820. The van der Waals surface area contributed by atoms with Crippen LogP contribution in [0.25, 0.3) is 16.6 Å². The SMILES string of the molecule is CCc1ccc2c(C3(c4ccc(NC5CCCCC5)cc4OC)OC(=O)c4ccccc43)c(-c3ccccc3)c(C)n2c1. The fourth-order valence-corrected chi connectivity index (χ4v) is 7.27. The minimum atomic E-state index is -1.22. The van der Waals surface area contributed by atoms with Crippen molar-refractivity contribution in [2.75, 3.05) is 12.4 Å². The fraction of sp³-hybridized carbons (Fsp3) is 0.289. The molecule has 7 rings (SSSR count). The number of hydrogen-bond acceptors (Lipinski definition) is 4. The number of pyridine rings is 1. The Morgan fingerprint density at radius 2 is 1.70 bits per heavy atom. The predicted octanol–water partition coefficient (Wildman–Crippen LogP) is 8.69. The van der Waals surface area contributed by atoms with Crippen molar-refractivity contribution in [1.29, 1.82) is 0 Å². The molecule has 1 fully saturated rings. The highest BCUT2D eigenvalue weighted by atomic mass is 16.6. The molecule has 0 radical (unpaired) electrons. The summed E-state index contributed by atoms with van der Waals surface area (Å²) < 4.78 is 15.1. The number of esters is 1. The summed E-state index contributed by atoms with van der Waals surface area (Å²) in [5.41, 5.74) is 8.45. The zero-order chi connectivity index (χ0) is 29.6. The minimum absolute atomic E-state index is 0.330. The van der Waals surface area contributed by atoms with E-state index in [1.807, 2.05) is 30.3 Å². The molecule has 2 aromatic heterocycles. The lowest BCUT2D eigenvalue weighted by atomic mass is 9.76. The van der Waals surface area contributed by atoms with E-state index in [-0.39, 0.29) is 5.97 Å². The number of carbonyl (C=O) groups excluding carboxylic acids is 1. The molecule has 5 nitrogen and oxygen atoms in total. The molecule has 3 heterocycles. The molecule has 1 unspecified atom stereocenters. The van der Waals surface area contributed by atoms with Gasteiger partial charge in [0.15, 0.2) is 5.60 Å².